The maximum atomic E-state index is 3.70. The largest absolute Gasteiger partial charge is 0.316 e. The Labute approximate surface area is 107 Å². The van der Waals surface area contributed by atoms with Crippen LogP contribution in [0.3, 0.4) is 0 Å². The van der Waals surface area contributed by atoms with Gasteiger partial charge in [-0.1, -0.05) is 19.8 Å². The van der Waals surface area contributed by atoms with Crippen LogP contribution in [0, 0.1) is 23.2 Å². The number of fused-ring (bicyclic) bond motifs is 2. The van der Waals surface area contributed by atoms with Crippen molar-refractivity contribution in [3.05, 3.63) is 0 Å². The molecule has 0 radical (unpaired) electrons. The van der Waals surface area contributed by atoms with Crippen LogP contribution < -0.4 is 5.32 Å². The van der Waals surface area contributed by atoms with Gasteiger partial charge in [0.15, 0.2) is 0 Å². The Morgan fingerprint density at radius 3 is 2.59 bits per heavy atom. The molecule has 1 nitrogen and oxygen atoms in total. The van der Waals surface area contributed by atoms with Crippen molar-refractivity contribution in [1.29, 1.82) is 0 Å². The molecule has 3 aliphatic carbocycles. The molecule has 98 valence electrons. The molecule has 2 bridgehead atoms. The zero-order valence-corrected chi connectivity index (χ0v) is 11.5. The van der Waals surface area contributed by atoms with Gasteiger partial charge in [0.05, 0.1) is 0 Å². The number of rotatable bonds is 6. The molecule has 1 heteroatoms. The summed E-state index contributed by atoms with van der Waals surface area (Å²) in [7, 11) is 0. The van der Waals surface area contributed by atoms with Crippen LogP contribution in [0.2, 0.25) is 0 Å². The fourth-order valence-electron chi connectivity index (χ4n) is 4.84. The summed E-state index contributed by atoms with van der Waals surface area (Å²) in [6.07, 6.45) is 13.7. The monoisotopic (exact) mass is 235 g/mol. The third-order valence-electron chi connectivity index (χ3n) is 5.92. The predicted molar refractivity (Wildman–Crippen MR) is 73.0 cm³/mol. The molecule has 0 aromatic rings. The average Bonchev–Trinajstić information content (AvgIpc) is 2.87. The second kappa shape index (κ2) is 4.91. The summed E-state index contributed by atoms with van der Waals surface area (Å²) in [6.45, 7) is 4.81. The van der Waals surface area contributed by atoms with Gasteiger partial charge in [0.2, 0.25) is 0 Å². The van der Waals surface area contributed by atoms with Crippen LogP contribution in [-0.2, 0) is 0 Å². The maximum Gasteiger partial charge on any atom is 0.000791 e. The van der Waals surface area contributed by atoms with E-state index in [4.69, 9.17) is 0 Å². The van der Waals surface area contributed by atoms with Crippen molar-refractivity contribution in [2.75, 3.05) is 13.1 Å². The lowest BCUT2D eigenvalue weighted by Crippen LogP contribution is -2.42. The van der Waals surface area contributed by atoms with Crippen molar-refractivity contribution in [2.45, 2.75) is 64.7 Å². The first kappa shape index (κ1) is 12.0. The van der Waals surface area contributed by atoms with Gasteiger partial charge in [-0.15, -0.1) is 0 Å². The summed E-state index contributed by atoms with van der Waals surface area (Å²) in [5, 5.41) is 3.70. The van der Waals surface area contributed by atoms with E-state index in [0.717, 1.165) is 23.2 Å². The molecular weight excluding hydrogens is 206 g/mol. The normalized spacial score (nSPS) is 38.3. The first-order valence-corrected chi connectivity index (χ1v) is 8.02. The molecule has 0 aromatic heterocycles. The van der Waals surface area contributed by atoms with Gasteiger partial charge in [-0.2, -0.15) is 0 Å². The van der Waals surface area contributed by atoms with Crippen molar-refractivity contribution < 1.29 is 0 Å². The molecule has 17 heavy (non-hydrogen) atoms. The highest BCUT2D eigenvalue weighted by Gasteiger charge is 2.45. The fourth-order valence-corrected chi connectivity index (χ4v) is 4.84. The minimum absolute atomic E-state index is 0.727. The molecular formula is C16H29N. The molecule has 0 aliphatic heterocycles. The van der Waals surface area contributed by atoms with Crippen molar-refractivity contribution in [3.8, 4) is 0 Å². The standard InChI is InChI=1S/C16H29N/c1-2-8-17-12-16(6-3-7-16)11-15-10-13-4-5-14(15)9-13/h13-15,17H,2-12H2,1H3. The highest BCUT2D eigenvalue weighted by Crippen LogP contribution is 2.55. The van der Waals surface area contributed by atoms with E-state index in [9.17, 15) is 0 Å². The lowest BCUT2D eigenvalue weighted by atomic mass is 9.62. The second-order valence-corrected chi connectivity index (χ2v) is 7.17. The predicted octanol–water partition coefficient (Wildman–Crippen LogP) is 3.98. The number of hydrogen-bond acceptors (Lipinski definition) is 1. The van der Waals surface area contributed by atoms with Crippen LogP contribution in [-0.4, -0.2) is 13.1 Å². The molecule has 0 saturated heterocycles. The van der Waals surface area contributed by atoms with E-state index >= 15 is 0 Å². The summed E-state index contributed by atoms with van der Waals surface area (Å²) in [4.78, 5) is 0. The summed E-state index contributed by atoms with van der Waals surface area (Å²) in [5.74, 6) is 3.37. The first-order chi connectivity index (χ1) is 8.31. The van der Waals surface area contributed by atoms with Crippen LogP contribution in [0.5, 0.6) is 0 Å². The van der Waals surface area contributed by atoms with E-state index < -0.39 is 0 Å². The average molecular weight is 235 g/mol. The highest BCUT2D eigenvalue weighted by atomic mass is 14.9. The van der Waals surface area contributed by atoms with Gasteiger partial charge in [0.25, 0.3) is 0 Å². The van der Waals surface area contributed by atoms with Crippen LogP contribution in [0.25, 0.3) is 0 Å². The van der Waals surface area contributed by atoms with E-state index in [1.165, 1.54) is 38.8 Å². The Balaban J connectivity index is 1.51. The van der Waals surface area contributed by atoms with Gasteiger partial charge in [-0.25, -0.2) is 0 Å². The summed E-state index contributed by atoms with van der Waals surface area (Å²) in [5.41, 5.74) is 0.727. The van der Waals surface area contributed by atoms with Gasteiger partial charge in [0.1, 0.15) is 0 Å². The fraction of sp³-hybridized carbons (Fsp3) is 1.00. The number of hydrogen-bond donors (Lipinski definition) is 1. The zero-order valence-electron chi connectivity index (χ0n) is 11.5. The molecule has 3 fully saturated rings. The van der Waals surface area contributed by atoms with Crippen molar-refractivity contribution in [3.63, 3.8) is 0 Å². The van der Waals surface area contributed by atoms with Gasteiger partial charge in [-0.3, -0.25) is 0 Å². The lowest BCUT2D eigenvalue weighted by molar-refractivity contribution is 0.0754. The van der Waals surface area contributed by atoms with Gasteiger partial charge in [-0.05, 0) is 74.7 Å². The number of nitrogens with one attached hydrogen (secondary N) is 1. The van der Waals surface area contributed by atoms with Gasteiger partial charge < -0.3 is 5.32 Å². The molecule has 0 amide bonds. The molecule has 0 aromatic carbocycles. The minimum atomic E-state index is 0.727. The van der Waals surface area contributed by atoms with Gasteiger partial charge >= 0.3 is 0 Å². The van der Waals surface area contributed by atoms with Gasteiger partial charge in [0, 0.05) is 6.54 Å². The quantitative estimate of drug-likeness (QED) is 0.687. The third-order valence-corrected chi connectivity index (χ3v) is 5.92. The topological polar surface area (TPSA) is 12.0 Å². The van der Waals surface area contributed by atoms with Crippen LogP contribution in [0.1, 0.15) is 64.7 Å². The zero-order chi connectivity index (χ0) is 11.7. The Hall–Kier alpha value is -0.0400. The van der Waals surface area contributed by atoms with Crippen molar-refractivity contribution in [1.82, 2.24) is 5.32 Å². The van der Waals surface area contributed by atoms with E-state index in [2.05, 4.69) is 12.2 Å². The Kier molecular flexibility index (Phi) is 3.47. The smallest absolute Gasteiger partial charge is 0.000791 e. The summed E-state index contributed by atoms with van der Waals surface area (Å²) in [6, 6.07) is 0. The van der Waals surface area contributed by atoms with E-state index in [0.29, 0.717) is 0 Å². The third kappa shape index (κ3) is 2.41. The SMILES string of the molecule is CCCNCC1(CC2CC3CCC2C3)CCC1. The Morgan fingerprint density at radius 1 is 1.18 bits per heavy atom. The molecule has 0 spiro atoms. The Morgan fingerprint density at radius 2 is 2.06 bits per heavy atom. The molecule has 1 N–H and O–H groups in total. The Bertz CT molecular complexity index is 256. The molecule has 3 saturated carbocycles. The van der Waals surface area contributed by atoms with Crippen LogP contribution >= 0.6 is 0 Å². The van der Waals surface area contributed by atoms with Crippen molar-refractivity contribution in [2.24, 2.45) is 23.2 Å². The van der Waals surface area contributed by atoms with Crippen LogP contribution in [0.15, 0.2) is 0 Å². The van der Waals surface area contributed by atoms with E-state index in [1.807, 2.05) is 0 Å². The summed E-state index contributed by atoms with van der Waals surface area (Å²) < 4.78 is 0. The summed E-state index contributed by atoms with van der Waals surface area (Å²) >= 11 is 0. The van der Waals surface area contributed by atoms with E-state index in [-0.39, 0.29) is 0 Å². The second-order valence-electron chi connectivity index (χ2n) is 7.17. The van der Waals surface area contributed by atoms with Crippen molar-refractivity contribution >= 4 is 0 Å². The molecule has 3 unspecified atom stereocenters. The van der Waals surface area contributed by atoms with Crippen LogP contribution in [0.4, 0.5) is 0 Å². The highest BCUT2D eigenvalue weighted by molar-refractivity contribution is 4.97. The molecule has 3 atom stereocenters. The molecule has 3 rings (SSSR count). The minimum Gasteiger partial charge on any atom is -0.316 e. The van der Waals surface area contributed by atoms with E-state index in [1.54, 1.807) is 32.1 Å². The molecule has 0 heterocycles. The molecule has 3 aliphatic rings. The first-order valence-electron chi connectivity index (χ1n) is 8.02. The maximum absolute atomic E-state index is 3.70. The lowest BCUT2D eigenvalue weighted by Gasteiger charge is -2.45.